The molecule has 0 atom stereocenters. The van der Waals surface area contributed by atoms with Crippen LogP contribution in [0.4, 0.5) is 0 Å². The van der Waals surface area contributed by atoms with Crippen molar-refractivity contribution in [3.05, 3.63) is 0 Å². The third kappa shape index (κ3) is 5.52. The normalized spacial score (nSPS) is 19.2. The van der Waals surface area contributed by atoms with E-state index >= 15 is 0 Å². The lowest BCUT2D eigenvalue weighted by Gasteiger charge is -2.29. The Morgan fingerprint density at radius 1 is 1.16 bits per heavy atom. The van der Waals surface area contributed by atoms with Gasteiger partial charge in [0, 0.05) is 13.1 Å². The minimum absolute atomic E-state index is 0.210. The highest BCUT2D eigenvalue weighted by molar-refractivity contribution is 5.82. The van der Waals surface area contributed by atoms with Gasteiger partial charge in [0.15, 0.2) is 0 Å². The number of hydrogen-bond donors (Lipinski definition) is 2. The summed E-state index contributed by atoms with van der Waals surface area (Å²) >= 11 is 0. The molecule has 1 aliphatic rings. The van der Waals surface area contributed by atoms with Gasteiger partial charge in [0.1, 0.15) is 0 Å². The average Bonchev–Trinajstić information content (AvgIpc) is 2.64. The lowest BCUT2D eigenvalue weighted by Crippen LogP contribution is -2.46. The van der Waals surface area contributed by atoms with E-state index in [1.165, 1.54) is 25.7 Å². The molecule has 0 aromatic carbocycles. The summed E-state index contributed by atoms with van der Waals surface area (Å²) in [4.78, 5) is 12.4. The number of amides is 1. The number of carbonyl (C=O) groups is 1. The van der Waals surface area contributed by atoms with E-state index < -0.39 is 0 Å². The smallest absolute Gasteiger partial charge is 0.227 e. The number of carbonyl (C=O) groups excluding carboxylic acids is 1. The monoisotopic (exact) mass is 268 g/mol. The Labute approximate surface area is 118 Å². The molecule has 0 radical (unpaired) electrons. The minimum atomic E-state index is -0.269. The lowest BCUT2D eigenvalue weighted by molar-refractivity contribution is -0.131. The molecule has 112 valence electrons. The van der Waals surface area contributed by atoms with Crippen molar-refractivity contribution in [3.63, 3.8) is 0 Å². The number of hydrogen-bond acceptors (Lipinski definition) is 2. The molecule has 1 amide bonds. The van der Waals surface area contributed by atoms with Gasteiger partial charge < -0.3 is 11.1 Å². The van der Waals surface area contributed by atoms with Crippen molar-refractivity contribution in [3.8, 4) is 0 Å². The molecule has 0 bridgehead atoms. The van der Waals surface area contributed by atoms with Gasteiger partial charge in [-0.25, -0.2) is 0 Å². The maximum Gasteiger partial charge on any atom is 0.227 e. The second-order valence-corrected chi connectivity index (χ2v) is 6.54. The van der Waals surface area contributed by atoms with E-state index in [4.69, 9.17) is 5.73 Å². The Morgan fingerprint density at radius 3 is 2.32 bits per heavy atom. The second-order valence-electron chi connectivity index (χ2n) is 6.54. The van der Waals surface area contributed by atoms with Crippen molar-refractivity contribution in [2.24, 2.45) is 17.1 Å². The predicted octanol–water partition coefficient (Wildman–Crippen LogP) is 3.23. The standard InChI is InChI=1S/C16H32N2O/c1-14(2)9-5-8-12-18-15(19)16(13-17)10-6-3-4-7-11-16/h14H,3-13,17H2,1-2H3,(H,18,19). The topological polar surface area (TPSA) is 55.1 Å². The zero-order valence-electron chi connectivity index (χ0n) is 12.8. The number of unbranched alkanes of at least 4 members (excludes halogenated alkanes) is 1. The van der Waals surface area contributed by atoms with Crippen LogP contribution in [0.1, 0.15) is 71.6 Å². The van der Waals surface area contributed by atoms with E-state index in [1.54, 1.807) is 0 Å². The van der Waals surface area contributed by atoms with E-state index in [0.29, 0.717) is 6.54 Å². The van der Waals surface area contributed by atoms with Crippen LogP contribution in [-0.2, 0) is 4.79 Å². The first kappa shape index (κ1) is 16.5. The molecule has 0 saturated heterocycles. The quantitative estimate of drug-likeness (QED) is 0.550. The third-order valence-electron chi connectivity index (χ3n) is 4.43. The molecule has 1 aliphatic carbocycles. The van der Waals surface area contributed by atoms with E-state index in [1.807, 2.05) is 0 Å². The molecule has 0 unspecified atom stereocenters. The van der Waals surface area contributed by atoms with Gasteiger partial charge in [-0.2, -0.15) is 0 Å². The average molecular weight is 268 g/mol. The van der Waals surface area contributed by atoms with Crippen molar-refractivity contribution in [2.75, 3.05) is 13.1 Å². The molecule has 0 heterocycles. The Hall–Kier alpha value is -0.570. The van der Waals surface area contributed by atoms with Gasteiger partial charge in [0.2, 0.25) is 5.91 Å². The lowest BCUT2D eigenvalue weighted by atomic mass is 9.79. The fourth-order valence-corrected chi connectivity index (χ4v) is 3.00. The van der Waals surface area contributed by atoms with Crippen LogP contribution in [0.2, 0.25) is 0 Å². The van der Waals surface area contributed by atoms with Crippen LogP contribution in [0.5, 0.6) is 0 Å². The summed E-state index contributed by atoms with van der Waals surface area (Å²) < 4.78 is 0. The van der Waals surface area contributed by atoms with Crippen molar-refractivity contribution in [2.45, 2.75) is 71.6 Å². The van der Waals surface area contributed by atoms with Crippen LogP contribution < -0.4 is 11.1 Å². The summed E-state index contributed by atoms with van der Waals surface area (Å²) in [5.41, 5.74) is 5.65. The fraction of sp³-hybridized carbons (Fsp3) is 0.938. The minimum Gasteiger partial charge on any atom is -0.356 e. The van der Waals surface area contributed by atoms with E-state index in [0.717, 1.165) is 44.6 Å². The van der Waals surface area contributed by atoms with Crippen molar-refractivity contribution in [1.29, 1.82) is 0 Å². The molecule has 1 saturated carbocycles. The molecule has 0 aliphatic heterocycles. The molecule has 3 nitrogen and oxygen atoms in total. The number of nitrogens with two attached hydrogens (primary N) is 1. The van der Waals surface area contributed by atoms with Crippen LogP contribution in [-0.4, -0.2) is 19.0 Å². The van der Waals surface area contributed by atoms with Gasteiger partial charge >= 0.3 is 0 Å². The number of rotatable bonds is 7. The van der Waals surface area contributed by atoms with E-state index in [2.05, 4.69) is 19.2 Å². The Balaban J connectivity index is 2.32. The first-order chi connectivity index (χ1) is 9.10. The summed E-state index contributed by atoms with van der Waals surface area (Å²) in [5, 5.41) is 3.13. The van der Waals surface area contributed by atoms with Crippen LogP contribution in [0.15, 0.2) is 0 Å². The zero-order chi connectivity index (χ0) is 14.1. The van der Waals surface area contributed by atoms with Crippen molar-refractivity contribution in [1.82, 2.24) is 5.32 Å². The summed E-state index contributed by atoms with van der Waals surface area (Å²) in [6.07, 6.45) is 10.3. The van der Waals surface area contributed by atoms with Crippen molar-refractivity contribution >= 4 is 5.91 Å². The largest absolute Gasteiger partial charge is 0.356 e. The molecule has 1 rings (SSSR count). The molecule has 3 heteroatoms. The van der Waals surface area contributed by atoms with Gasteiger partial charge in [-0.3, -0.25) is 4.79 Å². The van der Waals surface area contributed by atoms with Gasteiger partial charge in [-0.15, -0.1) is 0 Å². The molecule has 19 heavy (non-hydrogen) atoms. The van der Waals surface area contributed by atoms with Crippen molar-refractivity contribution < 1.29 is 4.79 Å². The highest BCUT2D eigenvalue weighted by Gasteiger charge is 2.36. The summed E-state index contributed by atoms with van der Waals surface area (Å²) in [7, 11) is 0. The summed E-state index contributed by atoms with van der Waals surface area (Å²) in [6, 6.07) is 0. The van der Waals surface area contributed by atoms with Crippen LogP contribution >= 0.6 is 0 Å². The Bertz CT molecular complexity index is 255. The van der Waals surface area contributed by atoms with Crippen LogP contribution in [0.25, 0.3) is 0 Å². The van der Waals surface area contributed by atoms with Gasteiger partial charge in [0.05, 0.1) is 5.41 Å². The second kappa shape index (κ2) is 8.57. The van der Waals surface area contributed by atoms with Gasteiger partial charge in [-0.05, 0) is 25.2 Å². The van der Waals surface area contributed by atoms with Gasteiger partial charge in [0.25, 0.3) is 0 Å². The maximum absolute atomic E-state index is 12.4. The molecule has 0 spiro atoms. The fourth-order valence-electron chi connectivity index (χ4n) is 3.00. The van der Waals surface area contributed by atoms with Gasteiger partial charge in [-0.1, -0.05) is 52.4 Å². The first-order valence-corrected chi connectivity index (χ1v) is 8.09. The maximum atomic E-state index is 12.4. The van der Waals surface area contributed by atoms with E-state index in [-0.39, 0.29) is 11.3 Å². The van der Waals surface area contributed by atoms with Crippen LogP contribution in [0.3, 0.4) is 0 Å². The van der Waals surface area contributed by atoms with E-state index in [9.17, 15) is 4.79 Å². The Morgan fingerprint density at radius 2 is 1.79 bits per heavy atom. The SMILES string of the molecule is CC(C)CCCCNC(=O)C1(CN)CCCCCC1. The highest BCUT2D eigenvalue weighted by Crippen LogP contribution is 2.34. The zero-order valence-corrected chi connectivity index (χ0v) is 12.8. The Kier molecular flexibility index (Phi) is 7.44. The molecular weight excluding hydrogens is 236 g/mol. The molecule has 0 aromatic rings. The summed E-state index contributed by atoms with van der Waals surface area (Å²) in [5.74, 6) is 0.967. The third-order valence-corrected chi connectivity index (χ3v) is 4.43. The predicted molar refractivity (Wildman–Crippen MR) is 80.9 cm³/mol. The molecule has 0 aromatic heterocycles. The van der Waals surface area contributed by atoms with Crippen LogP contribution in [0, 0.1) is 11.3 Å². The first-order valence-electron chi connectivity index (χ1n) is 8.09. The molecule has 3 N–H and O–H groups in total. The number of nitrogens with one attached hydrogen (secondary N) is 1. The summed E-state index contributed by atoms with van der Waals surface area (Å²) in [6.45, 7) is 5.80. The molecule has 1 fully saturated rings. The highest BCUT2D eigenvalue weighted by atomic mass is 16.2. The molecular formula is C16H32N2O.